The number of aromatic amines is 1. The van der Waals surface area contributed by atoms with Crippen LogP contribution >= 0.6 is 0 Å². The highest BCUT2D eigenvalue weighted by Gasteiger charge is 2.17. The van der Waals surface area contributed by atoms with Gasteiger partial charge >= 0.3 is 5.97 Å². The van der Waals surface area contributed by atoms with E-state index in [4.69, 9.17) is 10.8 Å². The third kappa shape index (κ3) is 9.51. The predicted molar refractivity (Wildman–Crippen MR) is 123 cm³/mol. The number of para-hydroxylation sites is 1. The lowest BCUT2D eigenvalue weighted by Gasteiger charge is -2.12. The molecule has 0 unspecified atom stereocenters. The third-order valence-electron chi connectivity index (χ3n) is 4.65. The first kappa shape index (κ1) is 26.8. The lowest BCUT2D eigenvalue weighted by atomic mass is 10.1. The SMILES string of the molecule is N[C@@H](Cc1c[nH]c2ccccc12)C(=O)NCC(=O)NCC(=O)NCC(=O)NCC(=O)NCC(=O)O. The van der Waals surface area contributed by atoms with Gasteiger partial charge in [-0.3, -0.25) is 28.8 Å². The molecule has 0 spiro atoms. The predicted octanol–water partition coefficient (Wildman–Crippen LogP) is -3.30. The van der Waals surface area contributed by atoms with Gasteiger partial charge in [0.05, 0.1) is 32.2 Å². The number of H-pyrrole nitrogens is 1. The Morgan fingerprint density at radius 1 is 0.771 bits per heavy atom. The topological polar surface area (TPSA) is 225 Å². The summed E-state index contributed by atoms with van der Waals surface area (Å²) in [5.74, 6) is -4.46. The number of aliphatic carboxylic acids is 1. The fourth-order valence-corrected chi connectivity index (χ4v) is 2.89. The maximum absolute atomic E-state index is 12.2. The maximum atomic E-state index is 12.2. The first-order valence-corrected chi connectivity index (χ1v) is 10.5. The number of nitrogens with two attached hydrogens (primary N) is 1. The molecule has 188 valence electrons. The molecule has 5 amide bonds. The minimum atomic E-state index is -1.23. The van der Waals surface area contributed by atoms with Crippen molar-refractivity contribution < 1.29 is 33.9 Å². The van der Waals surface area contributed by atoms with E-state index in [1.54, 1.807) is 6.20 Å². The minimum Gasteiger partial charge on any atom is -0.480 e. The highest BCUT2D eigenvalue weighted by molar-refractivity contribution is 5.92. The highest BCUT2D eigenvalue weighted by atomic mass is 16.4. The van der Waals surface area contributed by atoms with Crippen LogP contribution in [0.3, 0.4) is 0 Å². The van der Waals surface area contributed by atoms with Gasteiger partial charge in [-0.1, -0.05) is 18.2 Å². The van der Waals surface area contributed by atoms with E-state index in [0.29, 0.717) is 0 Å². The van der Waals surface area contributed by atoms with Crippen LogP contribution in [0.15, 0.2) is 30.5 Å². The molecule has 0 bridgehead atoms. The fourth-order valence-electron chi connectivity index (χ4n) is 2.89. The number of rotatable bonds is 13. The second-order valence-electron chi connectivity index (χ2n) is 7.39. The molecule has 1 atom stereocenters. The summed E-state index contributed by atoms with van der Waals surface area (Å²) >= 11 is 0. The lowest BCUT2D eigenvalue weighted by Crippen LogP contribution is -2.48. The van der Waals surface area contributed by atoms with Crippen molar-refractivity contribution in [3.8, 4) is 0 Å². The number of benzene rings is 1. The van der Waals surface area contributed by atoms with E-state index in [0.717, 1.165) is 16.5 Å². The van der Waals surface area contributed by atoms with Gasteiger partial charge in [-0.05, 0) is 18.1 Å². The summed E-state index contributed by atoms with van der Waals surface area (Å²) in [6.45, 7) is -2.33. The molecule has 1 heterocycles. The Bertz CT molecular complexity index is 1100. The second-order valence-corrected chi connectivity index (χ2v) is 7.39. The molecule has 0 fully saturated rings. The lowest BCUT2D eigenvalue weighted by molar-refractivity contribution is -0.137. The van der Waals surface area contributed by atoms with Gasteiger partial charge in [-0.25, -0.2) is 0 Å². The van der Waals surface area contributed by atoms with Crippen molar-refractivity contribution in [2.24, 2.45) is 5.73 Å². The molecule has 35 heavy (non-hydrogen) atoms. The third-order valence-corrected chi connectivity index (χ3v) is 4.65. The molecule has 0 radical (unpaired) electrons. The van der Waals surface area contributed by atoms with Crippen molar-refractivity contribution in [3.63, 3.8) is 0 Å². The van der Waals surface area contributed by atoms with E-state index in [-0.39, 0.29) is 13.0 Å². The van der Waals surface area contributed by atoms with Gasteiger partial charge in [-0.2, -0.15) is 0 Å². The normalized spacial score (nSPS) is 11.2. The van der Waals surface area contributed by atoms with Crippen molar-refractivity contribution in [1.82, 2.24) is 31.6 Å². The molecule has 0 aliphatic heterocycles. The van der Waals surface area contributed by atoms with Crippen LogP contribution in [0.1, 0.15) is 5.56 Å². The first-order valence-electron chi connectivity index (χ1n) is 10.5. The van der Waals surface area contributed by atoms with Crippen LogP contribution in [0.5, 0.6) is 0 Å². The molecule has 1 aromatic heterocycles. The van der Waals surface area contributed by atoms with Gasteiger partial charge in [-0.15, -0.1) is 0 Å². The second kappa shape index (κ2) is 13.3. The Hall–Kier alpha value is -4.46. The Balaban J connectivity index is 1.60. The molecule has 0 aliphatic rings. The van der Waals surface area contributed by atoms with Crippen molar-refractivity contribution in [2.45, 2.75) is 12.5 Å². The Kier molecular flexibility index (Phi) is 10.2. The Morgan fingerprint density at radius 2 is 1.26 bits per heavy atom. The summed E-state index contributed by atoms with van der Waals surface area (Å²) in [6, 6.07) is 6.70. The molecular formula is C21H27N7O7. The maximum Gasteiger partial charge on any atom is 0.322 e. The standard InChI is InChI=1S/C21H27N7O7/c22-14(5-12-6-23-15-4-2-1-3-13(12)15)21(35)28-10-19(32)26-8-17(30)24-7-16(29)25-9-18(31)27-11-20(33)34/h1-4,6,14,23H,5,7-11,22H2,(H,24,30)(H,25,29)(H,26,32)(H,27,31)(H,28,35)(H,33,34)/t14-/m0/s1. The number of nitrogens with one attached hydrogen (secondary N) is 6. The summed E-state index contributed by atoms with van der Waals surface area (Å²) in [6.07, 6.45) is 2.04. The molecule has 0 aliphatic carbocycles. The van der Waals surface area contributed by atoms with E-state index in [2.05, 4.69) is 31.6 Å². The molecule has 14 nitrogen and oxygen atoms in total. The number of carbonyl (C=O) groups excluding carboxylic acids is 5. The van der Waals surface area contributed by atoms with Crippen molar-refractivity contribution in [2.75, 3.05) is 32.7 Å². The van der Waals surface area contributed by atoms with Crippen LogP contribution in [0, 0.1) is 0 Å². The summed E-state index contributed by atoms with van der Waals surface area (Å²) < 4.78 is 0. The van der Waals surface area contributed by atoms with Gasteiger partial charge in [0.1, 0.15) is 6.54 Å². The molecule has 0 saturated carbocycles. The molecule has 14 heteroatoms. The number of fused-ring (bicyclic) bond motifs is 1. The van der Waals surface area contributed by atoms with Crippen LogP contribution in [0.25, 0.3) is 10.9 Å². The summed E-state index contributed by atoms with van der Waals surface area (Å²) in [7, 11) is 0. The summed E-state index contributed by atoms with van der Waals surface area (Å²) in [5, 5.41) is 20.5. The molecule has 2 aromatic rings. The minimum absolute atomic E-state index is 0.267. The van der Waals surface area contributed by atoms with Crippen LogP contribution < -0.4 is 32.3 Å². The van der Waals surface area contributed by atoms with Gasteiger partial charge < -0.3 is 42.4 Å². The largest absolute Gasteiger partial charge is 0.480 e. The molecule has 9 N–H and O–H groups in total. The molecule has 0 saturated heterocycles. The number of hydrogen-bond acceptors (Lipinski definition) is 7. The summed E-state index contributed by atoms with van der Waals surface area (Å²) in [4.78, 5) is 72.1. The average Bonchev–Trinajstić information content (AvgIpc) is 3.24. The quantitative estimate of drug-likeness (QED) is 0.142. The summed E-state index contributed by atoms with van der Waals surface area (Å²) in [5.41, 5.74) is 7.73. The number of hydrogen-bond donors (Lipinski definition) is 8. The number of amides is 5. The molecule has 2 rings (SSSR count). The van der Waals surface area contributed by atoms with Gasteiger partial charge in [0.15, 0.2) is 0 Å². The Labute approximate surface area is 199 Å². The van der Waals surface area contributed by atoms with Crippen LogP contribution in [-0.4, -0.2) is 84.4 Å². The smallest absolute Gasteiger partial charge is 0.322 e. The van der Waals surface area contributed by atoms with Crippen molar-refractivity contribution in [1.29, 1.82) is 0 Å². The first-order chi connectivity index (χ1) is 16.7. The van der Waals surface area contributed by atoms with Crippen LogP contribution in [0.4, 0.5) is 0 Å². The van der Waals surface area contributed by atoms with E-state index in [9.17, 15) is 28.8 Å². The van der Waals surface area contributed by atoms with Gasteiger partial charge in [0.2, 0.25) is 29.5 Å². The zero-order chi connectivity index (χ0) is 25.8. The van der Waals surface area contributed by atoms with E-state index in [1.165, 1.54) is 0 Å². The average molecular weight is 489 g/mol. The number of aromatic nitrogens is 1. The number of carboxylic acids is 1. The van der Waals surface area contributed by atoms with E-state index < -0.39 is 67.7 Å². The van der Waals surface area contributed by atoms with Crippen LogP contribution in [-0.2, 0) is 35.2 Å². The highest BCUT2D eigenvalue weighted by Crippen LogP contribution is 2.18. The molecule has 1 aromatic carbocycles. The molecular weight excluding hydrogens is 462 g/mol. The van der Waals surface area contributed by atoms with Crippen LogP contribution in [0.2, 0.25) is 0 Å². The zero-order valence-corrected chi connectivity index (χ0v) is 18.7. The zero-order valence-electron chi connectivity index (χ0n) is 18.7. The van der Waals surface area contributed by atoms with E-state index in [1.807, 2.05) is 24.3 Å². The number of carbonyl (C=O) groups is 6. The van der Waals surface area contributed by atoms with Gasteiger partial charge in [0.25, 0.3) is 0 Å². The fraction of sp³-hybridized carbons (Fsp3) is 0.333. The van der Waals surface area contributed by atoms with E-state index >= 15 is 0 Å². The van der Waals surface area contributed by atoms with Crippen molar-refractivity contribution >= 4 is 46.4 Å². The Morgan fingerprint density at radius 3 is 1.80 bits per heavy atom. The monoisotopic (exact) mass is 489 g/mol. The number of carboxylic acid groups (broad SMARTS) is 1. The van der Waals surface area contributed by atoms with Crippen molar-refractivity contribution in [3.05, 3.63) is 36.0 Å². The van der Waals surface area contributed by atoms with Gasteiger partial charge in [0, 0.05) is 17.1 Å².